The molecule has 0 radical (unpaired) electrons. The lowest BCUT2D eigenvalue weighted by Gasteiger charge is -2.16. The van der Waals surface area contributed by atoms with Gasteiger partial charge in [0.2, 0.25) is 5.76 Å². The molecule has 5 heteroatoms. The number of carbonyl (C=O) groups is 2. The van der Waals surface area contributed by atoms with E-state index in [1.165, 1.54) is 0 Å². The highest BCUT2D eigenvalue weighted by molar-refractivity contribution is 6.52. The molecule has 0 fully saturated rings. The first-order valence-electron chi connectivity index (χ1n) is 7.08. The largest absolute Gasteiger partial charge is 0.450 e. The van der Waals surface area contributed by atoms with Gasteiger partial charge in [0.05, 0.1) is 5.69 Å². The molecule has 0 N–H and O–H groups in total. The number of aryl methyl sites for hydroxylation is 2. The molecular weight excluding hydrogens is 314 g/mol. The Bertz CT molecular complexity index is 842. The fourth-order valence-electron chi connectivity index (χ4n) is 2.40. The fraction of sp³-hybridized carbons (Fsp3) is 0.111. The normalized spacial score (nSPS) is 14.7. The van der Waals surface area contributed by atoms with Crippen LogP contribution in [-0.2, 0) is 9.59 Å². The average molecular weight is 328 g/mol. The number of carbonyl (C=O) groups excluding carboxylic acids is 2. The van der Waals surface area contributed by atoms with Crippen molar-refractivity contribution in [3.63, 3.8) is 0 Å². The Balaban J connectivity index is 1.95. The van der Waals surface area contributed by atoms with Gasteiger partial charge in [-0.05, 0) is 43.2 Å². The zero-order valence-corrected chi connectivity index (χ0v) is 13.4. The van der Waals surface area contributed by atoms with Crippen molar-refractivity contribution in [2.45, 2.75) is 13.8 Å². The van der Waals surface area contributed by atoms with Gasteiger partial charge in [-0.3, -0.25) is 9.59 Å². The lowest BCUT2D eigenvalue weighted by molar-refractivity contribution is -0.121. The summed E-state index contributed by atoms with van der Waals surface area (Å²) in [6, 6.07) is 14.3. The number of amides is 2. The summed E-state index contributed by atoms with van der Waals surface area (Å²) < 4.78 is 5.58. The van der Waals surface area contributed by atoms with Gasteiger partial charge >= 0.3 is 5.91 Å². The van der Waals surface area contributed by atoms with E-state index in [9.17, 15) is 9.59 Å². The van der Waals surface area contributed by atoms with Crippen LogP contribution in [0.3, 0.4) is 0 Å². The third-order valence-corrected chi connectivity index (χ3v) is 3.89. The number of nitrogens with zero attached hydrogens (tertiary/aromatic N) is 1. The summed E-state index contributed by atoms with van der Waals surface area (Å²) in [7, 11) is 0. The second-order valence-electron chi connectivity index (χ2n) is 5.29. The van der Waals surface area contributed by atoms with Crippen LogP contribution in [0.5, 0.6) is 5.75 Å². The number of benzene rings is 2. The van der Waals surface area contributed by atoms with Gasteiger partial charge in [-0.15, -0.1) is 0 Å². The predicted molar refractivity (Wildman–Crippen MR) is 88.4 cm³/mol. The Kier molecular flexibility index (Phi) is 3.92. The smallest absolute Gasteiger partial charge is 0.302 e. The van der Waals surface area contributed by atoms with Crippen LogP contribution in [-0.4, -0.2) is 11.8 Å². The van der Waals surface area contributed by atoms with E-state index in [2.05, 4.69) is 0 Å². The van der Waals surface area contributed by atoms with Crippen LogP contribution in [0.2, 0.25) is 0 Å². The van der Waals surface area contributed by atoms with Gasteiger partial charge in [-0.1, -0.05) is 41.9 Å². The summed E-state index contributed by atoms with van der Waals surface area (Å²) in [5.74, 6) is -0.819. The second-order valence-corrected chi connectivity index (χ2v) is 5.67. The molecule has 0 aliphatic carbocycles. The standard InChI is InChI=1S/C18H14ClNO3/c1-11-6-5-8-13(10-11)23-16-15(19)17(21)20(18(16)22)14-9-4-3-7-12(14)2/h3-10H,1-2H3. The summed E-state index contributed by atoms with van der Waals surface area (Å²) in [5, 5.41) is -0.209. The molecule has 2 aromatic rings. The first kappa shape index (κ1) is 15.3. The third-order valence-electron chi connectivity index (χ3n) is 3.55. The van der Waals surface area contributed by atoms with E-state index in [0.29, 0.717) is 11.4 Å². The van der Waals surface area contributed by atoms with E-state index in [1.807, 2.05) is 32.0 Å². The van der Waals surface area contributed by atoms with Crippen LogP contribution in [0.25, 0.3) is 0 Å². The van der Waals surface area contributed by atoms with Crippen molar-refractivity contribution in [2.24, 2.45) is 0 Å². The molecule has 116 valence electrons. The highest BCUT2D eigenvalue weighted by Crippen LogP contribution is 2.32. The minimum atomic E-state index is -0.575. The Morgan fingerprint density at radius 2 is 1.70 bits per heavy atom. The van der Waals surface area contributed by atoms with Gasteiger partial charge in [0.25, 0.3) is 5.91 Å². The molecule has 0 saturated heterocycles. The molecule has 2 amide bonds. The molecule has 1 heterocycles. The van der Waals surface area contributed by atoms with Crippen LogP contribution in [0.4, 0.5) is 5.69 Å². The molecule has 0 bridgehead atoms. The molecule has 1 aliphatic rings. The molecule has 2 aromatic carbocycles. The Labute approximate surface area is 138 Å². The topological polar surface area (TPSA) is 46.6 Å². The van der Waals surface area contributed by atoms with E-state index < -0.39 is 11.8 Å². The van der Waals surface area contributed by atoms with Gasteiger partial charge in [-0.25, -0.2) is 4.90 Å². The maximum absolute atomic E-state index is 12.6. The summed E-state index contributed by atoms with van der Waals surface area (Å²) in [5.41, 5.74) is 2.28. The number of anilines is 1. The Hall–Kier alpha value is -2.59. The molecule has 0 spiro atoms. The van der Waals surface area contributed by atoms with Crippen LogP contribution in [0, 0.1) is 13.8 Å². The molecule has 0 atom stereocenters. The molecule has 3 rings (SSSR count). The molecule has 0 saturated carbocycles. The lowest BCUT2D eigenvalue weighted by Crippen LogP contribution is -2.32. The van der Waals surface area contributed by atoms with Crippen molar-refractivity contribution < 1.29 is 14.3 Å². The van der Waals surface area contributed by atoms with E-state index >= 15 is 0 Å². The zero-order valence-electron chi connectivity index (χ0n) is 12.7. The molecule has 4 nitrogen and oxygen atoms in total. The average Bonchev–Trinajstić information content (AvgIpc) is 2.72. The van der Waals surface area contributed by atoms with Crippen molar-refractivity contribution >= 4 is 29.1 Å². The van der Waals surface area contributed by atoms with E-state index in [0.717, 1.165) is 16.0 Å². The van der Waals surface area contributed by atoms with E-state index in [-0.39, 0.29) is 10.8 Å². The van der Waals surface area contributed by atoms with Crippen molar-refractivity contribution in [2.75, 3.05) is 4.90 Å². The van der Waals surface area contributed by atoms with Gasteiger partial charge in [0, 0.05) is 0 Å². The minimum absolute atomic E-state index is 0.148. The number of halogens is 1. The summed E-state index contributed by atoms with van der Waals surface area (Å²) in [6.45, 7) is 3.73. The number of rotatable bonds is 3. The monoisotopic (exact) mass is 327 g/mol. The maximum Gasteiger partial charge on any atom is 0.302 e. The fourth-order valence-corrected chi connectivity index (χ4v) is 2.61. The number of imide groups is 1. The number of ether oxygens (including phenoxy) is 1. The molecule has 1 aliphatic heterocycles. The first-order chi connectivity index (χ1) is 11.0. The van der Waals surface area contributed by atoms with Crippen molar-refractivity contribution in [1.82, 2.24) is 0 Å². The van der Waals surface area contributed by atoms with Gasteiger partial charge in [-0.2, -0.15) is 0 Å². The lowest BCUT2D eigenvalue weighted by atomic mass is 10.2. The summed E-state index contributed by atoms with van der Waals surface area (Å²) in [4.78, 5) is 26.0. The highest BCUT2D eigenvalue weighted by Gasteiger charge is 2.41. The van der Waals surface area contributed by atoms with E-state index in [1.54, 1.807) is 30.3 Å². The molecule has 0 unspecified atom stereocenters. The van der Waals surface area contributed by atoms with Crippen LogP contribution in [0.1, 0.15) is 11.1 Å². The number of hydrogen-bond donors (Lipinski definition) is 0. The Morgan fingerprint density at radius 3 is 2.39 bits per heavy atom. The SMILES string of the molecule is Cc1cccc(OC2=C(Cl)C(=O)N(c3ccccc3C)C2=O)c1. The summed E-state index contributed by atoms with van der Waals surface area (Å²) in [6.07, 6.45) is 0. The van der Waals surface area contributed by atoms with Gasteiger partial charge < -0.3 is 4.74 Å². The number of hydrogen-bond acceptors (Lipinski definition) is 3. The van der Waals surface area contributed by atoms with Crippen molar-refractivity contribution in [3.05, 3.63) is 70.4 Å². The number of para-hydroxylation sites is 1. The highest BCUT2D eigenvalue weighted by atomic mass is 35.5. The quantitative estimate of drug-likeness (QED) is 0.807. The minimum Gasteiger partial charge on any atom is -0.450 e. The predicted octanol–water partition coefficient (Wildman–Crippen LogP) is 3.71. The van der Waals surface area contributed by atoms with E-state index in [4.69, 9.17) is 16.3 Å². The van der Waals surface area contributed by atoms with Crippen molar-refractivity contribution in [3.8, 4) is 5.75 Å². The Morgan fingerprint density at radius 1 is 0.957 bits per heavy atom. The molecule has 23 heavy (non-hydrogen) atoms. The molecule has 0 aromatic heterocycles. The van der Waals surface area contributed by atoms with Crippen molar-refractivity contribution in [1.29, 1.82) is 0 Å². The van der Waals surface area contributed by atoms with Gasteiger partial charge in [0.1, 0.15) is 5.75 Å². The third kappa shape index (κ3) is 2.73. The van der Waals surface area contributed by atoms with Crippen LogP contribution < -0.4 is 9.64 Å². The summed E-state index contributed by atoms with van der Waals surface area (Å²) >= 11 is 6.05. The van der Waals surface area contributed by atoms with Crippen LogP contribution in [0.15, 0.2) is 59.3 Å². The second kappa shape index (κ2) is 5.89. The molecular formula is C18H14ClNO3. The zero-order chi connectivity index (χ0) is 16.6. The van der Waals surface area contributed by atoms with Crippen LogP contribution >= 0.6 is 11.6 Å². The van der Waals surface area contributed by atoms with Gasteiger partial charge in [0.15, 0.2) is 5.03 Å². The maximum atomic E-state index is 12.6. The first-order valence-corrected chi connectivity index (χ1v) is 7.45.